The average Bonchev–Trinajstić information content (AvgIpc) is 3.47. The first kappa shape index (κ1) is 21.5. The second-order valence-corrected chi connectivity index (χ2v) is 9.10. The molecular weight excluding hydrogens is 442 g/mol. The average molecular weight is 466 g/mol. The van der Waals surface area contributed by atoms with E-state index < -0.39 is 6.10 Å². The van der Waals surface area contributed by atoms with Crippen LogP contribution < -0.4 is 0 Å². The third-order valence-corrected chi connectivity index (χ3v) is 7.04. The number of ether oxygens (including phenoxy) is 1. The number of benzene rings is 2. The molecule has 6 rings (SSSR count). The molecule has 2 aliphatic rings. The van der Waals surface area contributed by atoms with Gasteiger partial charge in [-0.2, -0.15) is 5.26 Å². The van der Waals surface area contributed by atoms with Gasteiger partial charge in [0.25, 0.3) is 0 Å². The van der Waals surface area contributed by atoms with Gasteiger partial charge in [-0.25, -0.2) is 14.8 Å². The molecule has 2 aliphatic heterocycles. The van der Waals surface area contributed by atoms with Gasteiger partial charge in [-0.1, -0.05) is 12.1 Å². The highest BCUT2D eigenvalue weighted by Gasteiger charge is 2.27. The zero-order valence-electron chi connectivity index (χ0n) is 19.2. The number of hydrogen-bond donors (Lipinski definition) is 1. The van der Waals surface area contributed by atoms with Crippen LogP contribution in [-0.4, -0.2) is 43.6 Å². The van der Waals surface area contributed by atoms with Crippen molar-refractivity contribution >= 4 is 16.9 Å². The quantitative estimate of drug-likeness (QED) is 0.461. The predicted octanol–water partition coefficient (Wildman–Crippen LogP) is 3.36. The molecular formula is C27H23N5O3. The highest BCUT2D eigenvalue weighted by molar-refractivity contribution is 5.94. The third kappa shape index (κ3) is 3.66. The van der Waals surface area contributed by atoms with E-state index in [1.165, 1.54) is 0 Å². The van der Waals surface area contributed by atoms with Crippen molar-refractivity contribution in [1.29, 1.82) is 5.26 Å². The number of hydrogen-bond acceptors (Lipinski definition) is 7. The van der Waals surface area contributed by atoms with Gasteiger partial charge in [0, 0.05) is 55.0 Å². The van der Waals surface area contributed by atoms with Crippen molar-refractivity contribution in [1.82, 2.24) is 19.4 Å². The van der Waals surface area contributed by atoms with Crippen molar-refractivity contribution in [3.63, 3.8) is 0 Å². The minimum absolute atomic E-state index is 0.270. The van der Waals surface area contributed by atoms with Crippen LogP contribution in [-0.2, 0) is 24.3 Å². The van der Waals surface area contributed by atoms with Gasteiger partial charge in [0.1, 0.15) is 6.61 Å². The van der Waals surface area contributed by atoms with Crippen LogP contribution in [0.3, 0.4) is 0 Å². The Labute approximate surface area is 202 Å². The molecule has 174 valence electrons. The number of nitrogens with zero attached hydrogens (tertiary/aromatic N) is 5. The van der Waals surface area contributed by atoms with E-state index in [0.29, 0.717) is 30.2 Å². The van der Waals surface area contributed by atoms with E-state index in [-0.39, 0.29) is 12.6 Å². The number of aromatic nitrogens is 3. The number of carbonyl (C=O) groups is 1. The fourth-order valence-corrected chi connectivity index (χ4v) is 5.08. The number of β-amino-alcohol motifs (C(OH)–C–C–N with tert-alkyl or cyclic N) is 1. The highest BCUT2D eigenvalue weighted by atomic mass is 16.5. The summed E-state index contributed by atoms with van der Waals surface area (Å²) in [5.41, 5.74) is 6.77. The first-order valence-corrected chi connectivity index (χ1v) is 11.6. The summed E-state index contributed by atoms with van der Waals surface area (Å²) in [4.78, 5) is 23.4. The lowest BCUT2D eigenvalue weighted by Crippen LogP contribution is -2.35. The molecule has 4 aromatic rings. The summed E-state index contributed by atoms with van der Waals surface area (Å²) in [5, 5.41) is 21.3. The summed E-state index contributed by atoms with van der Waals surface area (Å²) in [7, 11) is 0. The largest absolute Gasteiger partial charge is 0.457 e. The fourth-order valence-electron chi connectivity index (χ4n) is 5.08. The number of cyclic esters (lactones) is 1. The molecule has 1 atom stereocenters. The maximum atomic E-state index is 11.8. The lowest BCUT2D eigenvalue weighted by molar-refractivity contribution is 0.0535. The Bertz CT molecular complexity index is 1530. The van der Waals surface area contributed by atoms with Crippen LogP contribution in [0.25, 0.3) is 16.9 Å². The van der Waals surface area contributed by atoms with Crippen molar-refractivity contribution < 1.29 is 14.6 Å². The second-order valence-electron chi connectivity index (χ2n) is 9.10. The van der Waals surface area contributed by atoms with Crippen LogP contribution in [0, 0.1) is 18.3 Å². The Morgan fingerprint density at radius 3 is 3.00 bits per heavy atom. The van der Waals surface area contributed by atoms with Gasteiger partial charge in [0.2, 0.25) is 5.95 Å². The summed E-state index contributed by atoms with van der Waals surface area (Å²) in [6, 6.07) is 13.3. The minimum Gasteiger partial charge on any atom is -0.457 e. The van der Waals surface area contributed by atoms with Crippen LogP contribution in [0.1, 0.15) is 50.0 Å². The van der Waals surface area contributed by atoms with E-state index in [4.69, 9.17) is 9.72 Å². The molecule has 2 aromatic heterocycles. The molecule has 0 fully saturated rings. The van der Waals surface area contributed by atoms with Gasteiger partial charge >= 0.3 is 5.97 Å². The number of fused-ring (bicyclic) bond motifs is 3. The minimum atomic E-state index is -0.668. The van der Waals surface area contributed by atoms with E-state index in [1.807, 2.05) is 48.1 Å². The molecule has 8 heteroatoms. The Morgan fingerprint density at radius 2 is 2.14 bits per heavy atom. The van der Waals surface area contributed by atoms with Gasteiger partial charge < -0.3 is 9.84 Å². The molecule has 0 bridgehead atoms. The standard InChI is InChI=1S/C27H23N5O3/c1-16-20(4-5-21-22(16)15-35-26(21)34)25(33)14-31-8-7-23-19(13-31)12-29-27(30-23)32-9-6-18-3-2-17(11-28)10-24(18)32/h2-6,9-10,12,25,33H,7-8,13-15H2,1H3. The molecule has 4 heterocycles. The van der Waals surface area contributed by atoms with Crippen LogP contribution in [0.15, 0.2) is 48.8 Å². The molecule has 2 aromatic carbocycles. The Kier molecular flexibility index (Phi) is 5.10. The highest BCUT2D eigenvalue weighted by Crippen LogP contribution is 2.30. The number of esters is 1. The normalized spacial score (nSPS) is 16.0. The van der Waals surface area contributed by atoms with E-state index in [0.717, 1.165) is 51.8 Å². The second kappa shape index (κ2) is 8.31. The summed E-state index contributed by atoms with van der Waals surface area (Å²) in [6.45, 7) is 4.12. The SMILES string of the molecule is Cc1c(C(O)CN2CCc3nc(-n4ccc5ccc(C#N)cc54)ncc3C2)ccc2c1COC2=O. The van der Waals surface area contributed by atoms with Crippen LogP contribution in [0.5, 0.6) is 0 Å². The van der Waals surface area contributed by atoms with Gasteiger partial charge in [-0.3, -0.25) is 9.47 Å². The maximum absolute atomic E-state index is 11.8. The smallest absolute Gasteiger partial charge is 0.338 e. The lowest BCUT2D eigenvalue weighted by Gasteiger charge is -2.30. The molecule has 0 saturated heterocycles. The van der Waals surface area contributed by atoms with E-state index in [2.05, 4.69) is 16.0 Å². The topological polar surface area (TPSA) is 104 Å². The summed E-state index contributed by atoms with van der Waals surface area (Å²) >= 11 is 0. The molecule has 0 spiro atoms. The number of aliphatic hydroxyl groups excluding tert-OH is 1. The molecule has 0 aliphatic carbocycles. The first-order chi connectivity index (χ1) is 17.0. The van der Waals surface area contributed by atoms with E-state index in [9.17, 15) is 15.2 Å². The van der Waals surface area contributed by atoms with Crippen LogP contribution in [0.4, 0.5) is 0 Å². The molecule has 8 nitrogen and oxygen atoms in total. The zero-order chi connectivity index (χ0) is 24.1. The monoisotopic (exact) mass is 465 g/mol. The number of rotatable bonds is 4. The molecule has 35 heavy (non-hydrogen) atoms. The van der Waals surface area contributed by atoms with Crippen molar-refractivity contribution in [3.8, 4) is 12.0 Å². The van der Waals surface area contributed by atoms with Crippen molar-refractivity contribution in [2.24, 2.45) is 0 Å². The lowest BCUT2D eigenvalue weighted by atomic mass is 9.95. The predicted molar refractivity (Wildman–Crippen MR) is 128 cm³/mol. The van der Waals surface area contributed by atoms with E-state index in [1.54, 1.807) is 12.1 Å². The Hall–Kier alpha value is -4.06. The Balaban J connectivity index is 1.21. The first-order valence-electron chi connectivity index (χ1n) is 11.6. The van der Waals surface area contributed by atoms with E-state index >= 15 is 0 Å². The Morgan fingerprint density at radius 1 is 1.26 bits per heavy atom. The molecule has 1 unspecified atom stereocenters. The van der Waals surface area contributed by atoms with Crippen molar-refractivity contribution in [2.75, 3.05) is 13.1 Å². The summed E-state index contributed by atoms with van der Waals surface area (Å²) in [5.74, 6) is 0.294. The van der Waals surface area contributed by atoms with Gasteiger partial charge in [-0.15, -0.1) is 0 Å². The van der Waals surface area contributed by atoms with Gasteiger partial charge in [0.15, 0.2) is 0 Å². The molecule has 0 amide bonds. The van der Waals surface area contributed by atoms with Crippen LogP contribution >= 0.6 is 0 Å². The fraction of sp³-hybridized carbons (Fsp3) is 0.259. The number of aliphatic hydroxyl groups is 1. The molecule has 0 saturated carbocycles. The maximum Gasteiger partial charge on any atom is 0.338 e. The number of nitriles is 1. The summed E-state index contributed by atoms with van der Waals surface area (Å²) < 4.78 is 7.05. The summed E-state index contributed by atoms with van der Waals surface area (Å²) in [6.07, 6.45) is 3.88. The zero-order valence-corrected chi connectivity index (χ0v) is 19.2. The molecule has 0 radical (unpaired) electrons. The van der Waals surface area contributed by atoms with Gasteiger partial charge in [-0.05, 0) is 42.3 Å². The van der Waals surface area contributed by atoms with Crippen molar-refractivity contribution in [3.05, 3.63) is 87.9 Å². The third-order valence-electron chi connectivity index (χ3n) is 7.04. The van der Waals surface area contributed by atoms with Crippen molar-refractivity contribution in [2.45, 2.75) is 32.6 Å². The van der Waals surface area contributed by atoms with Crippen LogP contribution in [0.2, 0.25) is 0 Å². The van der Waals surface area contributed by atoms with Gasteiger partial charge in [0.05, 0.1) is 34.5 Å². The number of carbonyl (C=O) groups excluding carboxylic acids is 1. The molecule has 1 N–H and O–H groups in total.